The van der Waals surface area contributed by atoms with E-state index in [0.29, 0.717) is 12.0 Å². The van der Waals surface area contributed by atoms with Crippen LogP contribution in [0.25, 0.3) is 10.8 Å². The third-order valence-electron chi connectivity index (χ3n) is 3.03. The molecule has 1 unspecified atom stereocenters. The van der Waals surface area contributed by atoms with Crippen LogP contribution in [0.5, 0.6) is 5.75 Å². The number of phenolic OH excluding ortho intramolecular Hbond substituents is 1. The molecule has 0 saturated heterocycles. The Morgan fingerprint density at radius 1 is 1.11 bits per heavy atom. The molecule has 0 aromatic heterocycles. The highest BCUT2D eigenvalue weighted by molar-refractivity contribution is 7.52. The molecule has 0 amide bonds. The summed E-state index contributed by atoms with van der Waals surface area (Å²) in [6, 6.07) is 10.2. The van der Waals surface area contributed by atoms with Crippen LogP contribution in [0.4, 0.5) is 0 Å². The summed E-state index contributed by atoms with van der Waals surface area (Å²) in [5, 5.41) is 11.1. The van der Waals surface area contributed by atoms with Crippen LogP contribution < -0.4 is 0 Å². The van der Waals surface area contributed by atoms with Crippen molar-refractivity contribution in [3.63, 3.8) is 0 Å². The standard InChI is InChI=1S/C13H15O4P/c1-2-13(18(15,16)17)11-4-3-10-8-12(14)6-5-9(10)7-11/h3-8,13-14H,2H2,1H3,(H2,15,16,17). The third kappa shape index (κ3) is 2.56. The molecule has 0 aliphatic carbocycles. The molecule has 0 saturated carbocycles. The number of phenols is 1. The van der Waals surface area contributed by atoms with Gasteiger partial charge in [0.05, 0.1) is 5.66 Å². The van der Waals surface area contributed by atoms with Gasteiger partial charge in [-0.05, 0) is 34.9 Å². The lowest BCUT2D eigenvalue weighted by atomic mass is 10.0. The van der Waals surface area contributed by atoms with E-state index in [1.54, 1.807) is 43.3 Å². The molecule has 0 radical (unpaired) electrons. The second kappa shape index (κ2) is 4.73. The van der Waals surface area contributed by atoms with E-state index in [-0.39, 0.29) is 5.75 Å². The van der Waals surface area contributed by atoms with Crippen molar-refractivity contribution < 1.29 is 19.5 Å². The maximum atomic E-state index is 11.4. The minimum Gasteiger partial charge on any atom is -0.508 e. The first-order valence-electron chi connectivity index (χ1n) is 5.69. The van der Waals surface area contributed by atoms with Gasteiger partial charge in [-0.2, -0.15) is 0 Å². The van der Waals surface area contributed by atoms with Crippen LogP contribution in [0.3, 0.4) is 0 Å². The van der Waals surface area contributed by atoms with Gasteiger partial charge < -0.3 is 14.9 Å². The fourth-order valence-corrected chi connectivity index (χ4v) is 3.15. The Labute approximate surface area is 105 Å². The van der Waals surface area contributed by atoms with Gasteiger partial charge in [0.25, 0.3) is 0 Å². The second-order valence-electron chi connectivity index (χ2n) is 4.30. The number of aromatic hydroxyl groups is 1. The lowest BCUT2D eigenvalue weighted by Crippen LogP contribution is -1.98. The van der Waals surface area contributed by atoms with Crippen molar-refractivity contribution in [3.8, 4) is 5.75 Å². The molecule has 2 aromatic carbocycles. The van der Waals surface area contributed by atoms with E-state index in [1.807, 2.05) is 0 Å². The van der Waals surface area contributed by atoms with Gasteiger partial charge in [-0.1, -0.05) is 31.2 Å². The van der Waals surface area contributed by atoms with Gasteiger partial charge in [0.1, 0.15) is 5.75 Å². The van der Waals surface area contributed by atoms with Crippen LogP contribution in [-0.4, -0.2) is 14.9 Å². The van der Waals surface area contributed by atoms with Crippen LogP contribution in [-0.2, 0) is 4.57 Å². The predicted molar refractivity (Wildman–Crippen MR) is 70.7 cm³/mol. The third-order valence-corrected chi connectivity index (χ3v) is 4.50. The van der Waals surface area contributed by atoms with Gasteiger partial charge in [-0.15, -0.1) is 0 Å². The summed E-state index contributed by atoms with van der Waals surface area (Å²) >= 11 is 0. The smallest absolute Gasteiger partial charge is 0.332 e. The molecule has 0 aliphatic rings. The molecule has 2 rings (SSSR count). The van der Waals surface area contributed by atoms with Crippen molar-refractivity contribution in [3.05, 3.63) is 42.0 Å². The molecular formula is C13H15O4P. The summed E-state index contributed by atoms with van der Waals surface area (Å²) in [4.78, 5) is 18.6. The van der Waals surface area contributed by atoms with E-state index in [1.165, 1.54) is 0 Å². The van der Waals surface area contributed by atoms with Crippen LogP contribution >= 0.6 is 7.60 Å². The zero-order valence-corrected chi connectivity index (χ0v) is 10.8. The molecule has 0 heterocycles. The van der Waals surface area contributed by atoms with E-state index in [9.17, 15) is 19.5 Å². The number of benzene rings is 2. The molecule has 0 spiro atoms. The predicted octanol–water partition coefficient (Wildman–Crippen LogP) is 3.17. The Morgan fingerprint density at radius 3 is 2.33 bits per heavy atom. The maximum absolute atomic E-state index is 11.4. The average molecular weight is 266 g/mol. The molecular weight excluding hydrogens is 251 g/mol. The summed E-state index contributed by atoms with van der Waals surface area (Å²) in [6.07, 6.45) is 0.383. The quantitative estimate of drug-likeness (QED) is 0.745. The summed E-state index contributed by atoms with van der Waals surface area (Å²) in [5.74, 6) is 0.178. The summed E-state index contributed by atoms with van der Waals surface area (Å²) in [6.45, 7) is 1.75. The number of hydrogen-bond acceptors (Lipinski definition) is 2. The fraction of sp³-hybridized carbons (Fsp3) is 0.231. The zero-order valence-electron chi connectivity index (χ0n) is 9.95. The highest BCUT2D eigenvalue weighted by atomic mass is 31.2. The van der Waals surface area contributed by atoms with Gasteiger partial charge in [0.2, 0.25) is 0 Å². The summed E-state index contributed by atoms with van der Waals surface area (Å²) in [7, 11) is -4.13. The zero-order chi connectivity index (χ0) is 13.3. The van der Waals surface area contributed by atoms with Gasteiger partial charge >= 0.3 is 7.60 Å². The fourth-order valence-electron chi connectivity index (χ4n) is 2.13. The second-order valence-corrected chi connectivity index (χ2v) is 6.11. The van der Waals surface area contributed by atoms with E-state index in [4.69, 9.17) is 0 Å². The van der Waals surface area contributed by atoms with Crippen LogP contribution in [0.1, 0.15) is 24.6 Å². The highest BCUT2D eigenvalue weighted by Crippen LogP contribution is 2.53. The van der Waals surface area contributed by atoms with E-state index in [2.05, 4.69) is 0 Å². The molecule has 3 N–H and O–H groups in total. The molecule has 2 aromatic rings. The van der Waals surface area contributed by atoms with E-state index >= 15 is 0 Å². The Balaban J connectivity index is 2.53. The van der Waals surface area contributed by atoms with Crippen LogP contribution in [0, 0.1) is 0 Å². The highest BCUT2D eigenvalue weighted by Gasteiger charge is 2.28. The molecule has 0 bridgehead atoms. The van der Waals surface area contributed by atoms with Gasteiger partial charge in [-0.25, -0.2) is 0 Å². The minimum absolute atomic E-state index is 0.178. The van der Waals surface area contributed by atoms with Crippen LogP contribution in [0.15, 0.2) is 36.4 Å². The first-order chi connectivity index (χ1) is 8.41. The molecule has 0 fully saturated rings. The maximum Gasteiger partial charge on any atom is 0.332 e. The van der Waals surface area contributed by atoms with Gasteiger partial charge in [0, 0.05) is 0 Å². The Kier molecular flexibility index (Phi) is 3.44. The first-order valence-corrected chi connectivity index (χ1v) is 7.38. The monoisotopic (exact) mass is 266 g/mol. The van der Waals surface area contributed by atoms with Crippen molar-refractivity contribution in [2.75, 3.05) is 0 Å². The number of fused-ring (bicyclic) bond motifs is 1. The molecule has 18 heavy (non-hydrogen) atoms. The van der Waals surface area contributed by atoms with Gasteiger partial charge in [0.15, 0.2) is 0 Å². The topological polar surface area (TPSA) is 77.8 Å². The van der Waals surface area contributed by atoms with Crippen molar-refractivity contribution in [2.45, 2.75) is 19.0 Å². The summed E-state index contributed by atoms with van der Waals surface area (Å²) < 4.78 is 11.4. The molecule has 1 atom stereocenters. The first kappa shape index (κ1) is 13.1. The largest absolute Gasteiger partial charge is 0.508 e. The van der Waals surface area contributed by atoms with Crippen molar-refractivity contribution in [2.24, 2.45) is 0 Å². The number of hydrogen-bond donors (Lipinski definition) is 3. The Morgan fingerprint density at radius 2 is 1.72 bits per heavy atom. The Hall–Kier alpha value is -1.35. The van der Waals surface area contributed by atoms with Crippen LogP contribution in [0.2, 0.25) is 0 Å². The van der Waals surface area contributed by atoms with E-state index < -0.39 is 13.3 Å². The van der Waals surface area contributed by atoms with Crippen molar-refractivity contribution >= 4 is 18.4 Å². The average Bonchev–Trinajstić information content (AvgIpc) is 2.28. The lowest BCUT2D eigenvalue weighted by Gasteiger charge is -2.17. The molecule has 0 aliphatic heterocycles. The molecule has 96 valence electrons. The van der Waals surface area contributed by atoms with Crippen molar-refractivity contribution in [1.82, 2.24) is 0 Å². The normalized spacial score (nSPS) is 13.7. The van der Waals surface area contributed by atoms with Gasteiger partial charge in [-0.3, -0.25) is 4.57 Å². The minimum atomic E-state index is -4.13. The molecule has 5 heteroatoms. The Bertz CT molecular complexity index is 617. The van der Waals surface area contributed by atoms with Crippen molar-refractivity contribution in [1.29, 1.82) is 0 Å². The summed E-state index contributed by atoms with van der Waals surface area (Å²) in [5.41, 5.74) is -0.139. The SMILES string of the molecule is CCC(c1ccc2cc(O)ccc2c1)P(=O)(O)O. The lowest BCUT2D eigenvalue weighted by molar-refractivity contribution is 0.357. The number of rotatable bonds is 3. The molecule has 4 nitrogen and oxygen atoms in total. The van der Waals surface area contributed by atoms with E-state index in [0.717, 1.165) is 10.8 Å².